The number of amides is 1. The van der Waals surface area contributed by atoms with Gasteiger partial charge in [0.2, 0.25) is 5.91 Å². The van der Waals surface area contributed by atoms with Crippen LogP contribution in [0, 0.1) is 12.0 Å². The number of carbonyl (C=O) groups excluding carboxylic acids is 1. The van der Waals surface area contributed by atoms with Crippen LogP contribution < -0.4 is 4.74 Å². The van der Waals surface area contributed by atoms with Gasteiger partial charge in [0.25, 0.3) is 0 Å². The Kier molecular flexibility index (Phi) is 7.59. The Hall–Kier alpha value is -0.186. The Morgan fingerprint density at radius 3 is 2.71 bits per heavy atom. The van der Waals surface area contributed by atoms with Gasteiger partial charge in [0.15, 0.2) is 0 Å². The van der Waals surface area contributed by atoms with Crippen LogP contribution in [0.1, 0.15) is 32.8 Å². The van der Waals surface area contributed by atoms with Crippen molar-refractivity contribution in [2.24, 2.45) is 5.92 Å². The summed E-state index contributed by atoms with van der Waals surface area (Å²) in [7, 11) is 0. The van der Waals surface area contributed by atoms with Crippen molar-refractivity contribution in [1.29, 1.82) is 0 Å². The molecule has 0 aromatic heterocycles. The van der Waals surface area contributed by atoms with Crippen LogP contribution in [0.5, 0.6) is 5.75 Å². The molecule has 1 aliphatic heterocycles. The minimum Gasteiger partial charge on any atom is -0.494 e. The SMILES string of the molecule is CCOc1ccc(C2=[C-]CC(C)C(=O)N2CC)c(Br)c1.[Y]. The molecule has 1 heterocycles. The van der Waals surface area contributed by atoms with Crippen LogP contribution in [0.25, 0.3) is 5.70 Å². The molecule has 1 aromatic carbocycles. The number of ether oxygens (including phenoxy) is 1. The minimum absolute atomic E-state index is 0. The van der Waals surface area contributed by atoms with E-state index < -0.39 is 0 Å². The van der Waals surface area contributed by atoms with Crippen LogP contribution in [-0.4, -0.2) is 24.0 Å². The summed E-state index contributed by atoms with van der Waals surface area (Å²) >= 11 is 3.57. The van der Waals surface area contributed by atoms with Gasteiger partial charge in [0, 0.05) is 45.2 Å². The van der Waals surface area contributed by atoms with Crippen molar-refractivity contribution in [1.82, 2.24) is 4.90 Å². The van der Waals surface area contributed by atoms with Gasteiger partial charge < -0.3 is 9.64 Å². The standard InChI is InChI=1S/C16H19BrNO2.Y/c1-4-18-15(9-6-11(3)16(18)19)13-8-7-12(20-5-2)10-14(13)17;/h7-8,10-11H,4-6H2,1-3H3;/q-1;. The molecule has 0 bridgehead atoms. The number of carbonyl (C=O) groups is 1. The van der Waals surface area contributed by atoms with E-state index in [0.29, 0.717) is 19.6 Å². The molecular formula is C16H19BrNO2Y-. The molecule has 1 amide bonds. The molecule has 21 heavy (non-hydrogen) atoms. The molecule has 1 atom stereocenters. The summed E-state index contributed by atoms with van der Waals surface area (Å²) in [4.78, 5) is 14.0. The van der Waals surface area contributed by atoms with Crippen LogP contribution in [0.3, 0.4) is 0 Å². The second-order valence-electron chi connectivity index (χ2n) is 4.79. The molecule has 5 heteroatoms. The van der Waals surface area contributed by atoms with Crippen LogP contribution in [0.15, 0.2) is 22.7 Å². The van der Waals surface area contributed by atoms with Crippen molar-refractivity contribution in [3.63, 3.8) is 0 Å². The van der Waals surface area contributed by atoms with E-state index in [0.717, 1.165) is 21.5 Å². The van der Waals surface area contributed by atoms with E-state index in [9.17, 15) is 4.79 Å². The first-order chi connectivity index (χ1) is 9.58. The topological polar surface area (TPSA) is 29.5 Å². The van der Waals surface area contributed by atoms with E-state index in [4.69, 9.17) is 4.74 Å². The van der Waals surface area contributed by atoms with Crippen molar-refractivity contribution in [2.75, 3.05) is 13.2 Å². The number of benzene rings is 1. The van der Waals surface area contributed by atoms with Crippen molar-refractivity contribution in [3.8, 4) is 5.75 Å². The average molecular weight is 426 g/mol. The first-order valence-corrected chi connectivity index (χ1v) is 7.72. The number of halogens is 1. The normalized spacial score (nSPS) is 18.1. The van der Waals surface area contributed by atoms with Gasteiger partial charge in [-0.15, -0.1) is 17.3 Å². The molecule has 1 aromatic rings. The quantitative estimate of drug-likeness (QED) is 0.685. The fourth-order valence-electron chi connectivity index (χ4n) is 2.31. The van der Waals surface area contributed by atoms with Crippen LogP contribution in [0.4, 0.5) is 0 Å². The third-order valence-corrected chi connectivity index (χ3v) is 4.01. The Balaban J connectivity index is 0.00000220. The van der Waals surface area contributed by atoms with E-state index in [2.05, 4.69) is 22.0 Å². The van der Waals surface area contributed by atoms with E-state index >= 15 is 0 Å². The molecule has 0 saturated carbocycles. The van der Waals surface area contributed by atoms with Gasteiger partial charge in [0.05, 0.1) is 6.61 Å². The van der Waals surface area contributed by atoms with E-state index in [1.807, 2.05) is 39.0 Å². The molecule has 0 spiro atoms. The zero-order valence-electron chi connectivity index (χ0n) is 12.6. The third kappa shape index (κ3) is 4.17. The van der Waals surface area contributed by atoms with E-state index in [-0.39, 0.29) is 44.5 Å². The van der Waals surface area contributed by atoms with Crippen LogP contribution in [-0.2, 0) is 37.5 Å². The Morgan fingerprint density at radius 2 is 2.14 bits per heavy atom. The number of hydrogen-bond donors (Lipinski definition) is 0. The van der Waals surface area contributed by atoms with E-state index in [1.54, 1.807) is 4.90 Å². The maximum Gasteiger partial charge on any atom is 0.225 e. The molecule has 1 aliphatic rings. The van der Waals surface area contributed by atoms with Gasteiger partial charge in [-0.1, -0.05) is 33.7 Å². The largest absolute Gasteiger partial charge is 0.494 e. The Morgan fingerprint density at radius 1 is 1.43 bits per heavy atom. The number of nitrogens with zero attached hydrogens (tertiary/aromatic N) is 1. The smallest absolute Gasteiger partial charge is 0.225 e. The van der Waals surface area contributed by atoms with Gasteiger partial charge in [-0.3, -0.25) is 4.79 Å². The average Bonchev–Trinajstić information content (AvgIpc) is 2.43. The van der Waals surface area contributed by atoms with Crippen LogP contribution in [0.2, 0.25) is 0 Å². The molecule has 0 aliphatic carbocycles. The molecule has 111 valence electrons. The second kappa shape index (κ2) is 8.45. The first kappa shape index (κ1) is 18.9. The minimum atomic E-state index is 0. The Bertz CT molecular complexity index is 545. The maximum atomic E-state index is 12.2. The van der Waals surface area contributed by atoms with Gasteiger partial charge >= 0.3 is 0 Å². The third-order valence-electron chi connectivity index (χ3n) is 3.36. The predicted molar refractivity (Wildman–Crippen MR) is 83.1 cm³/mol. The molecule has 3 nitrogen and oxygen atoms in total. The molecule has 0 saturated heterocycles. The van der Waals surface area contributed by atoms with Gasteiger partial charge in [-0.05, 0) is 26.0 Å². The van der Waals surface area contributed by atoms with Crippen molar-refractivity contribution >= 4 is 27.5 Å². The monoisotopic (exact) mass is 425 g/mol. The molecular weight excluding hydrogens is 407 g/mol. The maximum absolute atomic E-state index is 12.2. The molecule has 0 fully saturated rings. The molecule has 2 rings (SSSR count). The van der Waals surface area contributed by atoms with Crippen LogP contribution >= 0.6 is 15.9 Å². The summed E-state index contributed by atoms with van der Waals surface area (Å²) in [6, 6.07) is 5.84. The fourth-order valence-corrected chi connectivity index (χ4v) is 2.85. The molecule has 1 radical (unpaired) electrons. The second-order valence-corrected chi connectivity index (χ2v) is 5.64. The number of allylic oxidation sites excluding steroid dienone is 1. The summed E-state index contributed by atoms with van der Waals surface area (Å²) in [5.41, 5.74) is 1.85. The summed E-state index contributed by atoms with van der Waals surface area (Å²) in [5, 5.41) is 0. The van der Waals surface area contributed by atoms with Gasteiger partial charge in [-0.25, -0.2) is 6.08 Å². The zero-order chi connectivity index (χ0) is 14.7. The predicted octanol–water partition coefficient (Wildman–Crippen LogP) is 3.88. The fraction of sp³-hybridized carbons (Fsp3) is 0.438. The molecule has 0 N–H and O–H groups in total. The molecule has 1 unspecified atom stereocenters. The summed E-state index contributed by atoms with van der Waals surface area (Å²) < 4.78 is 6.40. The summed E-state index contributed by atoms with van der Waals surface area (Å²) in [5.74, 6) is 1.00. The van der Waals surface area contributed by atoms with Gasteiger partial charge in [-0.2, -0.15) is 0 Å². The first-order valence-electron chi connectivity index (χ1n) is 6.93. The number of hydrogen-bond acceptors (Lipinski definition) is 2. The zero-order valence-corrected chi connectivity index (χ0v) is 17.1. The number of rotatable bonds is 4. The van der Waals surface area contributed by atoms with Gasteiger partial charge in [0.1, 0.15) is 5.75 Å². The van der Waals surface area contributed by atoms with E-state index in [1.165, 1.54) is 0 Å². The Labute approximate surface area is 160 Å². The summed E-state index contributed by atoms with van der Waals surface area (Å²) in [6.07, 6.45) is 4.03. The van der Waals surface area contributed by atoms with Crippen molar-refractivity contribution < 1.29 is 42.2 Å². The van der Waals surface area contributed by atoms with Crippen molar-refractivity contribution in [3.05, 3.63) is 34.3 Å². The summed E-state index contributed by atoms with van der Waals surface area (Å²) in [6.45, 7) is 7.18. The van der Waals surface area contributed by atoms with Crippen molar-refractivity contribution in [2.45, 2.75) is 27.2 Å².